The number of nitriles is 1. The highest BCUT2D eigenvalue weighted by Gasteiger charge is 2.07. The number of aryl methyl sites for hydroxylation is 1. The lowest BCUT2D eigenvalue weighted by Crippen LogP contribution is -2.28. The number of hydrogen-bond acceptors (Lipinski definition) is 4. The zero-order valence-electron chi connectivity index (χ0n) is 14.8. The molecule has 0 aliphatic carbocycles. The second-order valence-corrected chi connectivity index (χ2v) is 5.85. The Kier molecular flexibility index (Phi) is 6.75. The van der Waals surface area contributed by atoms with Crippen LogP contribution >= 0.6 is 0 Å². The minimum Gasteiger partial charge on any atom is -0.483 e. The van der Waals surface area contributed by atoms with E-state index in [0.29, 0.717) is 18.0 Å². The molecule has 0 saturated heterocycles. The van der Waals surface area contributed by atoms with Crippen LogP contribution in [0, 0.1) is 25.2 Å². The topological polar surface area (TPSA) is 91.2 Å². The van der Waals surface area contributed by atoms with E-state index in [0.717, 1.165) is 16.7 Å². The number of nitrogens with one attached hydrogen (secondary N) is 2. The van der Waals surface area contributed by atoms with Crippen LogP contribution in [0.3, 0.4) is 0 Å². The molecule has 2 N–H and O–H groups in total. The van der Waals surface area contributed by atoms with Gasteiger partial charge in [0.05, 0.1) is 6.07 Å². The number of anilines is 1. The summed E-state index contributed by atoms with van der Waals surface area (Å²) in [6.45, 7) is 4.19. The van der Waals surface area contributed by atoms with Crippen molar-refractivity contribution in [3.8, 4) is 11.8 Å². The zero-order valence-corrected chi connectivity index (χ0v) is 14.8. The van der Waals surface area contributed by atoms with Crippen molar-refractivity contribution in [3.63, 3.8) is 0 Å². The quantitative estimate of drug-likeness (QED) is 0.802. The van der Waals surface area contributed by atoms with Gasteiger partial charge in [-0.1, -0.05) is 24.3 Å². The number of nitrogens with zero attached hydrogens (tertiary/aromatic N) is 1. The average Bonchev–Trinajstić information content (AvgIpc) is 2.61. The normalized spacial score (nSPS) is 9.88. The largest absolute Gasteiger partial charge is 0.483 e. The van der Waals surface area contributed by atoms with Gasteiger partial charge in [0.2, 0.25) is 5.91 Å². The number of rotatable bonds is 7. The highest BCUT2D eigenvalue weighted by molar-refractivity contribution is 5.92. The zero-order chi connectivity index (χ0) is 18.9. The number of carbonyl (C=O) groups excluding carboxylic acids is 2. The van der Waals surface area contributed by atoms with E-state index in [1.165, 1.54) is 0 Å². The summed E-state index contributed by atoms with van der Waals surface area (Å²) in [6.07, 6.45) is -0.198. The third-order valence-electron chi connectivity index (χ3n) is 3.85. The lowest BCUT2D eigenvalue weighted by atomic mass is 10.1. The van der Waals surface area contributed by atoms with Crippen molar-refractivity contribution < 1.29 is 14.3 Å². The molecule has 0 unspecified atom stereocenters. The molecule has 6 nitrogen and oxygen atoms in total. The van der Waals surface area contributed by atoms with E-state index in [4.69, 9.17) is 10.00 Å². The molecule has 6 heteroatoms. The fourth-order valence-electron chi connectivity index (χ4n) is 2.31. The van der Waals surface area contributed by atoms with Gasteiger partial charge in [0.1, 0.15) is 12.2 Å². The second-order valence-electron chi connectivity index (χ2n) is 5.85. The number of carbonyl (C=O) groups is 2. The molecule has 0 aromatic heterocycles. The standard InChI is InChI=1S/C20H21N3O3/c1-14-5-3-8-18(15(14)2)26-13-20(25)22-12-16-6-4-7-17(11-16)23-19(24)9-10-21/h3-8,11H,9,12-13H2,1-2H3,(H,22,25)(H,23,24). The van der Waals surface area contributed by atoms with Crippen molar-refractivity contribution in [2.75, 3.05) is 11.9 Å². The number of ether oxygens (including phenoxy) is 1. The maximum absolute atomic E-state index is 12.0. The van der Waals surface area contributed by atoms with Crippen molar-refractivity contribution in [2.24, 2.45) is 0 Å². The van der Waals surface area contributed by atoms with E-state index in [-0.39, 0.29) is 24.8 Å². The molecule has 0 fully saturated rings. The van der Waals surface area contributed by atoms with E-state index in [2.05, 4.69) is 10.6 Å². The molecule has 2 aromatic carbocycles. The van der Waals surface area contributed by atoms with E-state index < -0.39 is 0 Å². The maximum atomic E-state index is 12.0. The van der Waals surface area contributed by atoms with Crippen molar-refractivity contribution in [2.45, 2.75) is 26.8 Å². The molecule has 0 heterocycles. The number of amides is 2. The summed E-state index contributed by atoms with van der Waals surface area (Å²) < 4.78 is 5.57. The van der Waals surface area contributed by atoms with Crippen molar-refractivity contribution in [3.05, 3.63) is 59.2 Å². The monoisotopic (exact) mass is 351 g/mol. The van der Waals surface area contributed by atoms with Crippen LogP contribution in [0.1, 0.15) is 23.1 Å². The Bertz CT molecular complexity index is 840. The molecule has 0 radical (unpaired) electrons. The van der Waals surface area contributed by atoms with E-state index in [1.54, 1.807) is 24.3 Å². The van der Waals surface area contributed by atoms with Gasteiger partial charge in [-0.15, -0.1) is 0 Å². The smallest absolute Gasteiger partial charge is 0.258 e. The van der Waals surface area contributed by atoms with Crippen LogP contribution in [-0.2, 0) is 16.1 Å². The second kappa shape index (κ2) is 9.23. The molecule has 0 atom stereocenters. The molecule has 0 aliphatic rings. The molecule has 26 heavy (non-hydrogen) atoms. The highest BCUT2D eigenvalue weighted by Crippen LogP contribution is 2.20. The Hall–Kier alpha value is -3.33. The molecule has 134 valence electrons. The summed E-state index contributed by atoms with van der Waals surface area (Å²) in [5, 5.41) is 13.9. The highest BCUT2D eigenvalue weighted by atomic mass is 16.5. The molecule has 2 aromatic rings. The molecule has 0 aliphatic heterocycles. The minimum atomic E-state index is -0.365. The predicted molar refractivity (Wildman–Crippen MR) is 98.6 cm³/mol. The van der Waals surface area contributed by atoms with Crippen molar-refractivity contribution in [1.29, 1.82) is 5.26 Å². The first kappa shape index (κ1) is 19.0. The maximum Gasteiger partial charge on any atom is 0.258 e. The minimum absolute atomic E-state index is 0.0666. The predicted octanol–water partition coefficient (Wildman–Crippen LogP) is 2.85. The summed E-state index contributed by atoms with van der Waals surface area (Å²) in [5.74, 6) is 0.0998. The first-order valence-corrected chi connectivity index (χ1v) is 8.21. The van der Waals surface area contributed by atoms with Gasteiger partial charge in [0.15, 0.2) is 6.61 Å². The van der Waals surface area contributed by atoms with E-state index in [1.807, 2.05) is 38.1 Å². The SMILES string of the molecule is Cc1cccc(OCC(=O)NCc2cccc(NC(=O)CC#N)c2)c1C. The van der Waals surface area contributed by atoms with Gasteiger partial charge in [-0.05, 0) is 48.7 Å². The molecule has 2 amide bonds. The Balaban J connectivity index is 1.84. The van der Waals surface area contributed by atoms with Crippen LogP contribution in [0.5, 0.6) is 5.75 Å². The van der Waals surface area contributed by atoms with Crippen LogP contribution in [0.25, 0.3) is 0 Å². The molecule has 0 spiro atoms. The molecular formula is C20H21N3O3. The van der Waals surface area contributed by atoms with Gasteiger partial charge in [-0.25, -0.2) is 0 Å². The number of benzene rings is 2. The molecule has 0 bridgehead atoms. The first-order valence-electron chi connectivity index (χ1n) is 8.21. The summed E-state index contributed by atoms with van der Waals surface area (Å²) >= 11 is 0. The third-order valence-corrected chi connectivity index (χ3v) is 3.85. The first-order chi connectivity index (χ1) is 12.5. The lowest BCUT2D eigenvalue weighted by Gasteiger charge is -2.11. The van der Waals surface area contributed by atoms with Gasteiger partial charge in [-0.2, -0.15) is 5.26 Å². The Morgan fingerprint density at radius 1 is 1.12 bits per heavy atom. The summed E-state index contributed by atoms with van der Waals surface area (Å²) in [4.78, 5) is 23.4. The average molecular weight is 351 g/mol. The number of hydrogen-bond donors (Lipinski definition) is 2. The van der Waals surface area contributed by atoms with Gasteiger partial charge < -0.3 is 15.4 Å². The van der Waals surface area contributed by atoms with Crippen LogP contribution in [0.15, 0.2) is 42.5 Å². The van der Waals surface area contributed by atoms with Gasteiger partial charge in [-0.3, -0.25) is 9.59 Å². The van der Waals surface area contributed by atoms with Gasteiger partial charge in [0.25, 0.3) is 5.91 Å². The van der Waals surface area contributed by atoms with Gasteiger partial charge in [0, 0.05) is 12.2 Å². The van der Waals surface area contributed by atoms with Crippen LogP contribution in [0.2, 0.25) is 0 Å². The van der Waals surface area contributed by atoms with E-state index >= 15 is 0 Å². The Morgan fingerprint density at radius 3 is 2.65 bits per heavy atom. The fraction of sp³-hybridized carbons (Fsp3) is 0.250. The molecule has 0 saturated carbocycles. The molecular weight excluding hydrogens is 330 g/mol. The van der Waals surface area contributed by atoms with Crippen LogP contribution < -0.4 is 15.4 Å². The Morgan fingerprint density at radius 2 is 1.88 bits per heavy atom. The summed E-state index contributed by atoms with van der Waals surface area (Å²) in [7, 11) is 0. The van der Waals surface area contributed by atoms with E-state index in [9.17, 15) is 9.59 Å². The third kappa shape index (κ3) is 5.64. The van der Waals surface area contributed by atoms with Gasteiger partial charge >= 0.3 is 0 Å². The van der Waals surface area contributed by atoms with Crippen LogP contribution in [0.4, 0.5) is 5.69 Å². The Labute approximate surface area is 152 Å². The van der Waals surface area contributed by atoms with Crippen molar-refractivity contribution >= 4 is 17.5 Å². The molecule has 2 rings (SSSR count). The summed E-state index contributed by atoms with van der Waals surface area (Å²) in [6, 6.07) is 14.6. The van der Waals surface area contributed by atoms with Crippen molar-refractivity contribution in [1.82, 2.24) is 5.32 Å². The van der Waals surface area contributed by atoms with Crippen LogP contribution in [-0.4, -0.2) is 18.4 Å². The lowest BCUT2D eigenvalue weighted by molar-refractivity contribution is -0.123. The summed E-state index contributed by atoms with van der Waals surface area (Å²) in [5.41, 5.74) is 3.54. The fourth-order valence-corrected chi connectivity index (χ4v) is 2.31.